The summed E-state index contributed by atoms with van der Waals surface area (Å²) in [6.45, 7) is 1.05. The van der Waals surface area contributed by atoms with Crippen molar-refractivity contribution in [3.63, 3.8) is 0 Å². The predicted octanol–water partition coefficient (Wildman–Crippen LogP) is 2.92. The van der Waals surface area contributed by atoms with Crippen molar-refractivity contribution in [1.82, 2.24) is 5.32 Å². The van der Waals surface area contributed by atoms with E-state index in [1.54, 1.807) is 0 Å². The number of amides is 1. The maximum atomic E-state index is 11.9. The molecule has 0 unspecified atom stereocenters. The molecule has 1 aliphatic heterocycles. The van der Waals surface area contributed by atoms with Crippen molar-refractivity contribution in [2.24, 2.45) is 0 Å². The average molecular weight is 297 g/mol. The van der Waals surface area contributed by atoms with Crippen LogP contribution >= 0.6 is 0 Å². The first-order valence-corrected chi connectivity index (χ1v) is 7.50. The molecule has 1 N–H and O–H groups in total. The lowest BCUT2D eigenvalue weighted by molar-refractivity contribution is -0.121. The van der Waals surface area contributed by atoms with Crippen LogP contribution in [-0.2, 0) is 11.3 Å². The van der Waals surface area contributed by atoms with Crippen molar-refractivity contribution in [3.05, 3.63) is 60.2 Å². The number of rotatable bonds is 5. The van der Waals surface area contributed by atoms with Gasteiger partial charge in [-0.25, -0.2) is 0 Å². The fourth-order valence-corrected chi connectivity index (χ4v) is 2.38. The molecule has 0 saturated carbocycles. The van der Waals surface area contributed by atoms with Crippen molar-refractivity contribution in [2.75, 3.05) is 6.61 Å². The van der Waals surface area contributed by atoms with Gasteiger partial charge in [-0.15, -0.1) is 0 Å². The Hall–Kier alpha value is -2.49. The van der Waals surface area contributed by atoms with Crippen LogP contribution in [0.3, 0.4) is 0 Å². The number of fused-ring (bicyclic) bond motifs is 1. The van der Waals surface area contributed by atoms with E-state index >= 15 is 0 Å². The molecule has 4 nitrogen and oxygen atoms in total. The Morgan fingerprint density at radius 1 is 1.05 bits per heavy atom. The first kappa shape index (κ1) is 14.4. The van der Waals surface area contributed by atoms with E-state index in [1.807, 2.05) is 54.6 Å². The minimum absolute atomic E-state index is 0.0336. The third kappa shape index (κ3) is 3.79. The molecular formula is C18H19NO3. The molecule has 0 fully saturated rings. The lowest BCUT2D eigenvalue weighted by Gasteiger charge is -2.26. The molecule has 0 aromatic heterocycles. The highest BCUT2D eigenvalue weighted by atomic mass is 16.6. The predicted molar refractivity (Wildman–Crippen MR) is 83.9 cm³/mol. The SMILES string of the molecule is O=C(CC[C@H]1COc2ccccc2O1)NCc1ccccc1. The van der Waals surface area contributed by atoms with E-state index in [0.29, 0.717) is 26.0 Å². The molecular weight excluding hydrogens is 278 g/mol. The lowest BCUT2D eigenvalue weighted by atomic mass is 10.1. The zero-order chi connectivity index (χ0) is 15.2. The summed E-state index contributed by atoms with van der Waals surface area (Å²) in [5.74, 6) is 1.56. The summed E-state index contributed by atoms with van der Waals surface area (Å²) >= 11 is 0. The summed E-state index contributed by atoms with van der Waals surface area (Å²) in [4.78, 5) is 11.9. The fraction of sp³-hybridized carbons (Fsp3) is 0.278. The first-order chi connectivity index (χ1) is 10.8. The Labute approximate surface area is 130 Å². The van der Waals surface area contributed by atoms with Gasteiger partial charge in [0.15, 0.2) is 11.5 Å². The lowest BCUT2D eigenvalue weighted by Crippen LogP contribution is -2.31. The van der Waals surface area contributed by atoms with E-state index in [2.05, 4.69) is 5.32 Å². The van der Waals surface area contributed by atoms with E-state index < -0.39 is 0 Å². The van der Waals surface area contributed by atoms with Gasteiger partial charge >= 0.3 is 0 Å². The monoisotopic (exact) mass is 297 g/mol. The highest BCUT2D eigenvalue weighted by Gasteiger charge is 2.21. The average Bonchev–Trinajstić information content (AvgIpc) is 2.59. The highest BCUT2D eigenvalue weighted by molar-refractivity contribution is 5.75. The number of carbonyl (C=O) groups is 1. The molecule has 2 aromatic rings. The minimum Gasteiger partial charge on any atom is -0.486 e. The summed E-state index contributed by atoms with van der Waals surface area (Å²) in [6.07, 6.45) is 1.01. The van der Waals surface area contributed by atoms with Crippen LogP contribution in [0.5, 0.6) is 11.5 Å². The van der Waals surface area contributed by atoms with Gasteiger partial charge in [-0.2, -0.15) is 0 Å². The van der Waals surface area contributed by atoms with Gasteiger partial charge in [0.05, 0.1) is 0 Å². The third-order valence-corrected chi connectivity index (χ3v) is 3.59. The van der Waals surface area contributed by atoms with E-state index in [4.69, 9.17) is 9.47 Å². The van der Waals surface area contributed by atoms with Gasteiger partial charge in [-0.1, -0.05) is 42.5 Å². The molecule has 1 atom stereocenters. The van der Waals surface area contributed by atoms with Crippen LogP contribution in [0.2, 0.25) is 0 Å². The fourth-order valence-electron chi connectivity index (χ4n) is 2.38. The van der Waals surface area contributed by atoms with Crippen LogP contribution in [0.25, 0.3) is 0 Å². The Bertz CT molecular complexity index is 627. The number of para-hydroxylation sites is 2. The van der Waals surface area contributed by atoms with Crippen molar-refractivity contribution in [2.45, 2.75) is 25.5 Å². The molecule has 114 valence electrons. The second-order valence-corrected chi connectivity index (χ2v) is 5.30. The van der Waals surface area contributed by atoms with Crippen LogP contribution in [0.15, 0.2) is 54.6 Å². The minimum atomic E-state index is -0.0719. The summed E-state index contributed by atoms with van der Waals surface area (Å²) in [5, 5.41) is 2.92. The molecule has 0 bridgehead atoms. The Balaban J connectivity index is 1.42. The Morgan fingerprint density at radius 2 is 1.77 bits per heavy atom. The van der Waals surface area contributed by atoms with Gasteiger partial charge in [0, 0.05) is 13.0 Å². The van der Waals surface area contributed by atoms with E-state index in [1.165, 1.54) is 0 Å². The van der Waals surface area contributed by atoms with Gasteiger partial charge in [-0.3, -0.25) is 4.79 Å². The zero-order valence-electron chi connectivity index (χ0n) is 12.3. The number of benzene rings is 2. The number of hydrogen-bond acceptors (Lipinski definition) is 3. The summed E-state index contributed by atoms with van der Waals surface area (Å²) < 4.78 is 11.5. The second kappa shape index (κ2) is 6.98. The van der Waals surface area contributed by atoms with Gasteiger partial charge in [0.2, 0.25) is 5.91 Å². The largest absolute Gasteiger partial charge is 0.486 e. The van der Waals surface area contributed by atoms with Crippen LogP contribution in [-0.4, -0.2) is 18.6 Å². The molecule has 0 saturated heterocycles. The number of ether oxygens (including phenoxy) is 2. The van der Waals surface area contributed by atoms with Crippen molar-refractivity contribution < 1.29 is 14.3 Å². The smallest absolute Gasteiger partial charge is 0.220 e. The topological polar surface area (TPSA) is 47.6 Å². The first-order valence-electron chi connectivity index (χ1n) is 7.50. The summed E-state index contributed by atoms with van der Waals surface area (Å²) in [7, 11) is 0. The zero-order valence-corrected chi connectivity index (χ0v) is 12.3. The number of nitrogens with one attached hydrogen (secondary N) is 1. The van der Waals surface area contributed by atoms with Crippen LogP contribution < -0.4 is 14.8 Å². The van der Waals surface area contributed by atoms with Gasteiger partial charge in [0.25, 0.3) is 0 Å². The Morgan fingerprint density at radius 3 is 2.59 bits per heavy atom. The number of carbonyl (C=O) groups excluding carboxylic acids is 1. The second-order valence-electron chi connectivity index (χ2n) is 5.30. The normalized spacial score (nSPS) is 16.1. The van der Waals surface area contributed by atoms with E-state index in [0.717, 1.165) is 17.1 Å². The van der Waals surface area contributed by atoms with Crippen molar-refractivity contribution >= 4 is 5.91 Å². The van der Waals surface area contributed by atoms with E-state index in [-0.39, 0.29) is 12.0 Å². The van der Waals surface area contributed by atoms with Crippen LogP contribution in [0.4, 0.5) is 0 Å². The van der Waals surface area contributed by atoms with E-state index in [9.17, 15) is 4.79 Å². The van der Waals surface area contributed by atoms with Gasteiger partial charge in [0.1, 0.15) is 12.7 Å². The third-order valence-electron chi connectivity index (χ3n) is 3.59. The molecule has 2 aromatic carbocycles. The number of hydrogen-bond donors (Lipinski definition) is 1. The molecule has 1 amide bonds. The molecule has 1 heterocycles. The molecule has 1 aliphatic rings. The standard InChI is InChI=1S/C18H19NO3/c20-18(19-12-14-6-2-1-3-7-14)11-10-15-13-21-16-8-4-5-9-17(16)22-15/h1-9,15H,10-13H2,(H,19,20)/t15-/m0/s1. The van der Waals surface area contributed by atoms with Gasteiger partial charge < -0.3 is 14.8 Å². The molecule has 0 aliphatic carbocycles. The van der Waals surface area contributed by atoms with Crippen molar-refractivity contribution in [3.8, 4) is 11.5 Å². The van der Waals surface area contributed by atoms with Gasteiger partial charge in [-0.05, 0) is 24.1 Å². The molecule has 22 heavy (non-hydrogen) atoms. The quantitative estimate of drug-likeness (QED) is 0.923. The molecule has 0 spiro atoms. The molecule has 3 rings (SSSR count). The molecule has 4 heteroatoms. The van der Waals surface area contributed by atoms with Crippen LogP contribution in [0, 0.1) is 0 Å². The highest BCUT2D eigenvalue weighted by Crippen LogP contribution is 2.31. The maximum absolute atomic E-state index is 11.9. The van der Waals surface area contributed by atoms with Crippen molar-refractivity contribution in [1.29, 1.82) is 0 Å². The van der Waals surface area contributed by atoms with Crippen LogP contribution in [0.1, 0.15) is 18.4 Å². The Kier molecular flexibility index (Phi) is 4.59. The summed E-state index contributed by atoms with van der Waals surface area (Å²) in [6, 6.07) is 17.5. The molecule has 0 radical (unpaired) electrons. The maximum Gasteiger partial charge on any atom is 0.220 e. The summed E-state index contributed by atoms with van der Waals surface area (Å²) in [5.41, 5.74) is 1.10.